The summed E-state index contributed by atoms with van der Waals surface area (Å²) in [4.78, 5) is 59.7. The number of hydroxylamine groups is 8. The van der Waals surface area contributed by atoms with Crippen LogP contribution in [0.4, 0.5) is 32.6 Å². The molecule has 4 heterocycles. The van der Waals surface area contributed by atoms with Gasteiger partial charge in [0.05, 0.1) is 26.3 Å². The standard InChI is InChI=1S/C46H66N12O6/c1-7-55(61-9-3)45(59)57(63-43-23-21-41(47-49-43)53-31-27-51(28-32-53)39-19-15-17-37(5)35-39)25-13-11-12-14-26-58(46(60)56(8-2)62-10-4)64-44-24-22-42(48-50-44)54-33-29-52(30-34-54)40-20-16-18-38(6)36-40/h15-24,35-36H,7-14,25-34H2,1-6H3. The monoisotopic (exact) mass is 883 g/mol. The zero-order chi connectivity index (χ0) is 45.3. The van der Waals surface area contributed by atoms with Crippen molar-refractivity contribution in [3.05, 3.63) is 83.9 Å². The van der Waals surface area contributed by atoms with Gasteiger partial charge in [-0.1, -0.05) is 37.1 Å². The Morgan fingerprint density at radius 1 is 0.500 bits per heavy atom. The van der Waals surface area contributed by atoms with E-state index >= 15 is 0 Å². The number of aromatic nitrogens is 4. The predicted octanol–water partition coefficient (Wildman–Crippen LogP) is 6.78. The van der Waals surface area contributed by atoms with Gasteiger partial charge in [0, 0.05) is 89.0 Å². The Morgan fingerprint density at radius 3 is 1.22 bits per heavy atom. The van der Waals surface area contributed by atoms with E-state index in [1.54, 1.807) is 12.1 Å². The number of benzene rings is 2. The van der Waals surface area contributed by atoms with Crippen LogP contribution >= 0.6 is 0 Å². The summed E-state index contributed by atoms with van der Waals surface area (Å²) in [5.74, 6) is 1.93. The van der Waals surface area contributed by atoms with E-state index in [0.29, 0.717) is 39.1 Å². The summed E-state index contributed by atoms with van der Waals surface area (Å²) in [7, 11) is 0. The summed E-state index contributed by atoms with van der Waals surface area (Å²) in [6, 6.07) is 23.5. The topological polar surface area (TPSA) is 149 Å². The van der Waals surface area contributed by atoms with Gasteiger partial charge in [-0.15, -0.1) is 20.4 Å². The summed E-state index contributed by atoms with van der Waals surface area (Å²) < 4.78 is 0. The maximum Gasteiger partial charge on any atom is 0.377 e. The van der Waals surface area contributed by atoms with Crippen LogP contribution in [0.15, 0.2) is 72.8 Å². The second kappa shape index (κ2) is 24.1. The van der Waals surface area contributed by atoms with Gasteiger partial charge in [0.15, 0.2) is 11.6 Å². The van der Waals surface area contributed by atoms with E-state index in [1.165, 1.54) is 42.8 Å². The number of nitrogens with zero attached hydrogens (tertiary/aromatic N) is 12. The number of carbonyl (C=O) groups excluding carboxylic acids is 2. The Kier molecular flexibility index (Phi) is 17.8. The van der Waals surface area contributed by atoms with Crippen molar-refractivity contribution in [3.63, 3.8) is 0 Å². The van der Waals surface area contributed by atoms with Crippen LogP contribution in [0.2, 0.25) is 0 Å². The van der Waals surface area contributed by atoms with Crippen LogP contribution in [-0.2, 0) is 9.68 Å². The average molecular weight is 883 g/mol. The molecular formula is C46H66N12O6. The first-order valence-electron chi connectivity index (χ1n) is 22.8. The smallest absolute Gasteiger partial charge is 0.368 e. The molecule has 346 valence electrons. The van der Waals surface area contributed by atoms with Gasteiger partial charge >= 0.3 is 12.1 Å². The Bertz CT molecular complexity index is 1890. The maximum atomic E-state index is 13.6. The summed E-state index contributed by atoms with van der Waals surface area (Å²) >= 11 is 0. The zero-order valence-corrected chi connectivity index (χ0v) is 38.5. The van der Waals surface area contributed by atoms with Gasteiger partial charge in [-0.3, -0.25) is 9.68 Å². The lowest BCUT2D eigenvalue weighted by Gasteiger charge is -2.36. The molecule has 4 aromatic rings. The summed E-state index contributed by atoms with van der Waals surface area (Å²) in [5, 5.41) is 22.7. The van der Waals surface area contributed by atoms with Gasteiger partial charge in [-0.05, 0) is 102 Å². The molecule has 0 aliphatic carbocycles. The van der Waals surface area contributed by atoms with Crippen LogP contribution in [0, 0.1) is 13.8 Å². The quantitative estimate of drug-likeness (QED) is 0.0640. The lowest BCUT2D eigenvalue weighted by molar-refractivity contribution is -0.145. The third-order valence-corrected chi connectivity index (χ3v) is 11.1. The third-order valence-electron chi connectivity index (χ3n) is 11.1. The molecule has 64 heavy (non-hydrogen) atoms. The van der Waals surface area contributed by atoms with Crippen molar-refractivity contribution in [2.45, 2.75) is 67.2 Å². The Labute approximate surface area is 378 Å². The van der Waals surface area contributed by atoms with E-state index in [0.717, 1.165) is 76.8 Å². The molecular weight excluding hydrogens is 817 g/mol. The minimum Gasteiger partial charge on any atom is -0.368 e. The van der Waals surface area contributed by atoms with E-state index in [9.17, 15) is 9.59 Å². The molecule has 0 spiro atoms. The summed E-state index contributed by atoms with van der Waals surface area (Å²) in [6.07, 6.45) is 2.72. The first-order chi connectivity index (χ1) is 31.2. The Balaban J connectivity index is 1.000. The molecule has 18 heteroatoms. The molecule has 18 nitrogen and oxygen atoms in total. The van der Waals surface area contributed by atoms with E-state index in [-0.39, 0.29) is 24.8 Å². The number of hydrogen-bond donors (Lipinski definition) is 0. The van der Waals surface area contributed by atoms with Crippen LogP contribution in [0.25, 0.3) is 0 Å². The van der Waals surface area contributed by atoms with Gasteiger partial charge in [-0.25, -0.2) is 19.7 Å². The first-order valence-corrected chi connectivity index (χ1v) is 22.8. The molecule has 2 aromatic carbocycles. The second-order valence-corrected chi connectivity index (χ2v) is 15.7. The van der Waals surface area contributed by atoms with Crippen LogP contribution in [0.5, 0.6) is 11.8 Å². The highest BCUT2D eigenvalue weighted by Crippen LogP contribution is 2.23. The highest BCUT2D eigenvalue weighted by molar-refractivity contribution is 5.73. The van der Waals surface area contributed by atoms with Crippen LogP contribution in [0.3, 0.4) is 0 Å². The minimum atomic E-state index is -0.431. The average Bonchev–Trinajstić information content (AvgIpc) is 3.33. The van der Waals surface area contributed by atoms with Crippen LogP contribution < -0.4 is 29.3 Å². The molecule has 0 N–H and O–H groups in total. The molecule has 0 bridgehead atoms. The molecule has 0 unspecified atom stereocenters. The first kappa shape index (κ1) is 47.3. The molecule has 4 amide bonds. The van der Waals surface area contributed by atoms with E-state index in [4.69, 9.17) is 19.4 Å². The molecule has 2 saturated heterocycles. The summed E-state index contributed by atoms with van der Waals surface area (Å²) in [5.41, 5.74) is 4.94. The highest BCUT2D eigenvalue weighted by atomic mass is 16.7. The van der Waals surface area contributed by atoms with E-state index < -0.39 is 12.1 Å². The number of rotatable bonds is 21. The second-order valence-electron chi connectivity index (χ2n) is 15.7. The highest BCUT2D eigenvalue weighted by Gasteiger charge is 2.26. The Morgan fingerprint density at radius 2 is 0.891 bits per heavy atom. The van der Waals surface area contributed by atoms with Gasteiger partial charge in [-0.2, -0.15) is 10.1 Å². The number of urea groups is 2. The number of piperazine rings is 2. The van der Waals surface area contributed by atoms with Crippen molar-refractivity contribution in [1.82, 2.24) is 40.6 Å². The van der Waals surface area contributed by atoms with Crippen molar-refractivity contribution in [2.75, 3.05) is 111 Å². The van der Waals surface area contributed by atoms with Crippen molar-refractivity contribution < 1.29 is 28.9 Å². The molecule has 6 rings (SSSR count). The maximum absolute atomic E-state index is 13.6. The van der Waals surface area contributed by atoms with Gasteiger partial charge < -0.3 is 29.3 Å². The van der Waals surface area contributed by atoms with Gasteiger partial charge in [0.1, 0.15) is 0 Å². The van der Waals surface area contributed by atoms with E-state index in [2.05, 4.69) is 102 Å². The number of amides is 4. The number of anilines is 4. The van der Waals surface area contributed by atoms with Gasteiger partial charge in [0.2, 0.25) is 0 Å². The van der Waals surface area contributed by atoms with E-state index in [1.807, 2.05) is 39.8 Å². The number of hydrogen-bond acceptors (Lipinski definition) is 14. The number of aryl methyl sites for hydroxylation is 2. The third kappa shape index (κ3) is 13.2. The fourth-order valence-corrected chi connectivity index (χ4v) is 7.67. The molecule has 2 fully saturated rings. The Hall–Kier alpha value is -6.14. The lowest BCUT2D eigenvalue weighted by atomic mass is 10.2. The largest absolute Gasteiger partial charge is 0.377 e. The molecule has 0 atom stereocenters. The van der Waals surface area contributed by atoms with Crippen molar-refractivity contribution in [3.8, 4) is 11.8 Å². The minimum absolute atomic E-state index is 0.209. The predicted molar refractivity (Wildman–Crippen MR) is 247 cm³/mol. The van der Waals surface area contributed by atoms with Crippen molar-refractivity contribution in [2.24, 2.45) is 0 Å². The van der Waals surface area contributed by atoms with Crippen molar-refractivity contribution >= 4 is 35.1 Å². The molecule has 2 aliphatic heterocycles. The fourth-order valence-electron chi connectivity index (χ4n) is 7.67. The molecule has 2 aromatic heterocycles. The SMILES string of the molecule is CCON(CC)C(=O)N(CCCCCCN(Oc1ccc(N2CCN(c3cccc(C)c3)CC2)nn1)C(=O)N(CC)OCC)Oc1ccc(N2CCN(c3cccc(C)c3)CC2)nn1. The fraction of sp³-hybridized carbons (Fsp3) is 0.522. The van der Waals surface area contributed by atoms with Gasteiger partial charge in [0.25, 0.3) is 11.8 Å². The summed E-state index contributed by atoms with van der Waals surface area (Å²) in [6.45, 7) is 20.2. The lowest BCUT2D eigenvalue weighted by Crippen LogP contribution is -2.47. The van der Waals surface area contributed by atoms with Crippen LogP contribution in [-0.4, -0.2) is 144 Å². The molecule has 0 radical (unpaired) electrons. The number of carbonyl (C=O) groups is 2. The molecule has 0 saturated carbocycles. The van der Waals surface area contributed by atoms with Crippen molar-refractivity contribution in [1.29, 1.82) is 0 Å². The molecule has 2 aliphatic rings. The zero-order valence-electron chi connectivity index (χ0n) is 38.5. The number of unbranched alkanes of at least 4 members (excludes halogenated alkanes) is 3. The normalized spacial score (nSPS) is 14.0. The van der Waals surface area contributed by atoms with Crippen LogP contribution in [0.1, 0.15) is 64.5 Å².